The number of nitrogens with one attached hydrogen (secondary N) is 2. The Bertz CT molecular complexity index is 828. The number of rotatable bonds is 4. The van der Waals surface area contributed by atoms with E-state index in [4.69, 9.17) is 0 Å². The van der Waals surface area contributed by atoms with Gasteiger partial charge in [-0.1, -0.05) is 6.92 Å². The summed E-state index contributed by atoms with van der Waals surface area (Å²) in [6, 6.07) is 2.95. The van der Waals surface area contributed by atoms with Crippen LogP contribution in [0, 0.1) is 5.92 Å². The first-order valence-electron chi connectivity index (χ1n) is 11.0. The van der Waals surface area contributed by atoms with Crippen molar-refractivity contribution in [1.82, 2.24) is 35.5 Å². The number of aromatic nitrogens is 4. The van der Waals surface area contributed by atoms with Crippen LogP contribution in [0.2, 0.25) is 0 Å². The monoisotopic (exact) mass is 396 g/mol. The summed E-state index contributed by atoms with van der Waals surface area (Å²) < 4.78 is 1.92. The zero-order valence-corrected chi connectivity index (χ0v) is 17.5. The summed E-state index contributed by atoms with van der Waals surface area (Å²) in [6.45, 7) is 7.65. The molecule has 29 heavy (non-hydrogen) atoms. The molecule has 1 aliphatic carbocycles. The van der Waals surface area contributed by atoms with Crippen LogP contribution in [0.3, 0.4) is 0 Å². The van der Waals surface area contributed by atoms with Crippen LogP contribution in [0.15, 0.2) is 24.8 Å². The van der Waals surface area contributed by atoms with Gasteiger partial charge in [0.25, 0.3) is 0 Å². The highest BCUT2D eigenvalue weighted by molar-refractivity contribution is 5.40. The summed E-state index contributed by atoms with van der Waals surface area (Å²) in [5.74, 6) is 2.18. The molecule has 3 fully saturated rings. The third-order valence-electron chi connectivity index (χ3n) is 7.08. The van der Waals surface area contributed by atoms with E-state index < -0.39 is 0 Å². The van der Waals surface area contributed by atoms with Gasteiger partial charge in [0.2, 0.25) is 0 Å². The van der Waals surface area contributed by atoms with Crippen molar-refractivity contribution in [3.8, 4) is 0 Å². The molecule has 2 saturated heterocycles. The standard InChI is InChI=1S/C21H32N8/c1-3-28-6-8-29(9-7-28)20-11-19(22-14-23-20)21-17-10-15(4-5-18(17)25-26-21)16-12-24-27(2)13-16/h11-15,17-18,21,25-26H,3-10H2,1-2H3. The number of hydrogen-bond donors (Lipinski definition) is 2. The fourth-order valence-corrected chi connectivity index (χ4v) is 5.30. The van der Waals surface area contributed by atoms with Gasteiger partial charge in [0.1, 0.15) is 12.1 Å². The molecule has 1 saturated carbocycles. The number of hydrogen-bond acceptors (Lipinski definition) is 7. The van der Waals surface area contributed by atoms with E-state index in [0.717, 1.165) is 50.7 Å². The van der Waals surface area contributed by atoms with Crippen LogP contribution in [0.1, 0.15) is 49.4 Å². The van der Waals surface area contributed by atoms with Gasteiger partial charge in [0.15, 0.2) is 0 Å². The first-order valence-corrected chi connectivity index (χ1v) is 11.0. The van der Waals surface area contributed by atoms with E-state index in [-0.39, 0.29) is 6.04 Å². The first-order chi connectivity index (χ1) is 14.2. The Morgan fingerprint density at radius 1 is 1.10 bits per heavy atom. The zero-order chi connectivity index (χ0) is 19.8. The normalized spacial score (nSPS) is 30.5. The largest absolute Gasteiger partial charge is 0.354 e. The summed E-state index contributed by atoms with van der Waals surface area (Å²) in [4.78, 5) is 14.2. The summed E-state index contributed by atoms with van der Waals surface area (Å²) >= 11 is 0. The smallest absolute Gasteiger partial charge is 0.132 e. The number of nitrogens with zero attached hydrogens (tertiary/aromatic N) is 6. The molecule has 156 valence electrons. The molecule has 4 heterocycles. The Labute approximate surface area is 172 Å². The summed E-state index contributed by atoms with van der Waals surface area (Å²) in [5, 5.41) is 4.39. The van der Waals surface area contributed by atoms with Gasteiger partial charge >= 0.3 is 0 Å². The fourth-order valence-electron chi connectivity index (χ4n) is 5.30. The van der Waals surface area contributed by atoms with Crippen molar-refractivity contribution in [1.29, 1.82) is 0 Å². The molecular formula is C21H32N8. The minimum absolute atomic E-state index is 0.234. The van der Waals surface area contributed by atoms with Crippen LogP contribution >= 0.6 is 0 Å². The SMILES string of the molecule is CCN1CCN(c2cc(C3NNC4CCC(c5cnn(C)c5)CC43)ncn2)CC1. The van der Waals surface area contributed by atoms with Crippen molar-refractivity contribution < 1.29 is 0 Å². The Kier molecular flexibility index (Phi) is 5.24. The van der Waals surface area contributed by atoms with Gasteiger partial charge in [-0.15, -0.1) is 0 Å². The van der Waals surface area contributed by atoms with E-state index in [1.807, 2.05) is 17.9 Å². The van der Waals surface area contributed by atoms with E-state index in [1.165, 1.54) is 18.4 Å². The van der Waals surface area contributed by atoms with Crippen molar-refractivity contribution in [2.45, 2.75) is 44.2 Å². The quantitative estimate of drug-likeness (QED) is 0.810. The van der Waals surface area contributed by atoms with E-state index in [0.29, 0.717) is 17.9 Å². The maximum Gasteiger partial charge on any atom is 0.132 e. The number of aryl methyl sites for hydroxylation is 1. The van der Waals surface area contributed by atoms with Crippen LogP contribution in [0.4, 0.5) is 5.82 Å². The van der Waals surface area contributed by atoms with Crippen LogP contribution < -0.4 is 15.8 Å². The molecule has 0 aromatic carbocycles. The van der Waals surface area contributed by atoms with Gasteiger partial charge in [0.05, 0.1) is 17.9 Å². The van der Waals surface area contributed by atoms with Gasteiger partial charge in [0, 0.05) is 51.5 Å². The van der Waals surface area contributed by atoms with Gasteiger partial charge in [-0.3, -0.25) is 10.1 Å². The molecule has 4 atom stereocenters. The summed E-state index contributed by atoms with van der Waals surface area (Å²) in [6.07, 6.45) is 9.52. The molecule has 0 amide bonds. The van der Waals surface area contributed by atoms with Gasteiger partial charge in [-0.25, -0.2) is 15.4 Å². The molecule has 8 heteroatoms. The number of hydrazine groups is 1. The number of fused-ring (bicyclic) bond motifs is 1. The van der Waals surface area contributed by atoms with Crippen LogP contribution in [-0.2, 0) is 7.05 Å². The molecule has 2 aromatic rings. The summed E-state index contributed by atoms with van der Waals surface area (Å²) in [5.41, 5.74) is 9.58. The van der Waals surface area contributed by atoms with Crippen LogP contribution in [0.25, 0.3) is 0 Å². The lowest BCUT2D eigenvalue weighted by molar-refractivity contribution is 0.270. The van der Waals surface area contributed by atoms with Crippen molar-refractivity contribution >= 4 is 5.82 Å². The highest BCUT2D eigenvalue weighted by Crippen LogP contribution is 2.43. The number of piperazine rings is 1. The molecule has 0 spiro atoms. The van der Waals surface area contributed by atoms with Crippen LogP contribution in [0.5, 0.6) is 0 Å². The van der Waals surface area contributed by atoms with Crippen molar-refractivity contribution in [3.63, 3.8) is 0 Å². The molecule has 3 aliphatic rings. The van der Waals surface area contributed by atoms with Crippen molar-refractivity contribution in [2.24, 2.45) is 13.0 Å². The predicted molar refractivity (Wildman–Crippen MR) is 112 cm³/mol. The highest BCUT2D eigenvalue weighted by Gasteiger charge is 2.42. The van der Waals surface area contributed by atoms with Gasteiger partial charge < -0.3 is 9.80 Å². The lowest BCUT2D eigenvalue weighted by Gasteiger charge is -2.35. The molecule has 2 aromatic heterocycles. The van der Waals surface area contributed by atoms with Crippen molar-refractivity contribution in [3.05, 3.63) is 36.0 Å². The minimum Gasteiger partial charge on any atom is -0.354 e. The second-order valence-corrected chi connectivity index (χ2v) is 8.72. The highest BCUT2D eigenvalue weighted by atomic mass is 15.4. The van der Waals surface area contributed by atoms with E-state index >= 15 is 0 Å². The molecule has 2 N–H and O–H groups in total. The Hall–Kier alpha value is -2.03. The average molecular weight is 397 g/mol. The molecule has 5 rings (SSSR count). The molecule has 8 nitrogen and oxygen atoms in total. The van der Waals surface area contributed by atoms with E-state index in [2.05, 4.69) is 54.9 Å². The summed E-state index contributed by atoms with van der Waals surface area (Å²) in [7, 11) is 2.00. The van der Waals surface area contributed by atoms with E-state index in [1.54, 1.807) is 6.33 Å². The predicted octanol–water partition coefficient (Wildman–Crippen LogP) is 1.45. The number of anilines is 1. The second-order valence-electron chi connectivity index (χ2n) is 8.72. The average Bonchev–Trinajstić information content (AvgIpc) is 3.39. The maximum atomic E-state index is 4.67. The molecule has 2 aliphatic heterocycles. The topological polar surface area (TPSA) is 74.1 Å². The lowest BCUT2D eigenvalue weighted by atomic mass is 9.73. The van der Waals surface area contributed by atoms with Gasteiger partial charge in [-0.2, -0.15) is 5.10 Å². The maximum absolute atomic E-state index is 4.67. The molecule has 0 bridgehead atoms. The first kappa shape index (κ1) is 19.0. The molecular weight excluding hydrogens is 364 g/mol. The van der Waals surface area contributed by atoms with Gasteiger partial charge in [-0.05, 0) is 43.2 Å². The molecule has 0 radical (unpaired) electrons. The fraction of sp³-hybridized carbons (Fsp3) is 0.667. The second kappa shape index (κ2) is 8.01. The Morgan fingerprint density at radius 2 is 1.97 bits per heavy atom. The van der Waals surface area contributed by atoms with Crippen molar-refractivity contribution in [2.75, 3.05) is 37.6 Å². The lowest BCUT2D eigenvalue weighted by Crippen LogP contribution is -2.46. The minimum atomic E-state index is 0.234. The number of likely N-dealkylation sites (N-methyl/N-ethyl adjacent to an activating group) is 1. The van der Waals surface area contributed by atoms with E-state index in [9.17, 15) is 0 Å². The Balaban J connectivity index is 1.32. The third-order valence-corrected chi connectivity index (χ3v) is 7.08. The molecule has 4 unspecified atom stereocenters. The Morgan fingerprint density at radius 3 is 2.72 bits per heavy atom. The van der Waals surface area contributed by atoms with Crippen LogP contribution in [-0.4, -0.2) is 63.4 Å². The zero-order valence-electron chi connectivity index (χ0n) is 17.5. The third kappa shape index (κ3) is 3.76.